The Morgan fingerprint density at radius 2 is 1.80 bits per heavy atom. The third-order valence-electron chi connectivity index (χ3n) is 5.26. The second-order valence-corrected chi connectivity index (χ2v) is 7.82. The van der Waals surface area contributed by atoms with Crippen molar-refractivity contribution in [3.63, 3.8) is 0 Å². The number of rotatable bonds is 7. The number of carbonyl (C=O) groups is 1. The van der Waals surface area contributed by atoms with Crippen molar-refractivity contribution < 1.29 is 27.1 Å². The molecule has 11 heteroatoms. The summed E-state index contributed by atoms with van der Waals surface area (Å²) in [5.41, 5.74) is 1.40. The second-order valence-electron chi connectivity index (χ2n) is 7.82. The minimum atomic E-state index is -4.43. The molecule has 2 aromatic heterocycles. The van der Waals surface area contributed by atoms with Gasteiger partial charge in [0.2, 0.25) is 0 Å². The van der Waals surface area contributed by atoms with E-state index in [1.807, 2.05) is 0 Å². The number of carbonyl (C=O) groups excluding carboxylic acids is 1. The average molecular weight is 487 g/mol. The summed E-state index contributed by atoms with van der Waals surface area (Å²) in [5, 5.41) is 11.3. The lowest BCUT2D eigenvalue weighted by Gasteiger charge is -2.10. The maximum absolute atomic E-state index is 13.0. The number of nitrogens with one attached hydrogen (secondary N) is 1. The van der Waals surface area contributed by atoms with Gasteiger partial charge in [0.25, 0.3) is 5.91 Å². The van der Waals surface area contributed by atoms with Gasteiger partial charge in [-0.05, 0) is 61.9 Å². The van der Waals surface area contributed by atoms with E-state index in [4.69, 9.17) is 4.74 Å². The largest absolute Gasteiger partial charge is 0.471 e. The van der Waals surface area contributed by atoms with Gasteiger partial charge in [0.05, 0.1) is 29.2 Å². The molecule has 35 heavy (non-hydrogen) atoms. The number of ether oxygens (including phenoxy) is 1. The molecule has 2 aromatic carbocycles. The lowest BCUT2D eigenvalue weighted by atomic mass is 10.1. The first-order valence-corrected chi connectivity index (χ1v) is 10.5. The van der Waals surface area contributed by atoms with Crippen LogP contribution in [0.5, 0.6) is 5.75 Å². The molecule has 182 valence electrons. The Bertz CT molecular complexity index is 1340. The van der Waals surface area contributed by atoms with Crippen LogP contribution in [0.3, 0.4) is 0 Å². The van der Waals surface area contributed by atoms with Crippen molar-refractivity contribution >= 4 is 11.6 Å². The van der Waals surface area contributed by atoms with Gasteiger partial charge in [-0.3, -0.25) is 9.48 Å². The van der Waals surface area contributed by atoms with Gasteiger partial charge in [-0.2, -0.15) is 23.4 Å². The fraction of sp³-hybridized carbons (Fsp3) is 0.208. The Hall–Kier alpha value is -4.15. The van der Waals surface area contributed by atoms with Crippen LogP contribution in [0, 0.1) is 19.7 Å². The normalized spacial score (nSPS) is 11.5. The van der Waals surface area contributed by atoms with E-state index in [0.29, 0.717) is 28.4 Å². The number of benzene rings is 2. The molecule has 0 aliphatic carbocycles. The summed E-state index contributed by atoms with van der Waals surface area (Å²) in [6, 6.07) is 12.1. The van der Waals surface area contributed by atoms with E-state index in [1.54, 1.807) is 26.1 Å². The van der Waals surface area contributed by atoms with Crippen molar-refractivity contribution in [3.05, 3.63) is 94.8 Å². The van der Waals surface area contributed by atoms with E-state index < -0.39 is 17.6 Å². The maximum Gasteiger partial charge on any atom is 0.416 e. The number of hydrogen-bond acceptors (Lipinski definition) is 4. The molecule has 2 heterocycles. The predicted molar refractivity (Wildman–Crippen MR) is 119 cm³/mol. The van der Waals surface area contributed by atoms with Crippen LogP contribution in [-0.4, -0.2) is 25.5 Å². The van der Waals surface area contributed by atoms with Gasteiger partial charge in [0, 0.05) is 6.20 Å². The number of amides is 1. The summed E-state index contributed by atoms with van der Waals surface area (Å²) in [7, 11) is 0. The molecule has 0 aliphatic heterocycles. The van der Waals surface area contributed by atoms with Gasteiger partial charge >= 0.3 is 6.18 Å². The van der Waals surface area contributed by atoms with E-state index in [0.717, 1.165) is 12.1 Å². The molecular formula is C24H21F4N5O2. The predicted octanol–water partition coefficient (Wildman–Crippen LogP) is 5.19. The fourth-order valence-corrected chi connectivity index (χ4v) is 3.45. The van der Waals surface area contributed by atoms with Crippen LogP contribution >= 0.6 is 0 Å². The Balaban J connectivity index is 1.43. The zero-order valence-electron chi connectivity index (χ0n) is 18.8. The van der Waals surface area contributed by atoms with Gasteiger partial charge in [-0.25, -0.2) is 9.07 Å². The summed E-state index contributed by atoms with van der Waals surface area (Å²) in [4.78, 5) is 12.7. The summed E-state index contributed by atoms with van der Waals surface area (Å²) in [5.74, 6) is -0.401. The number of hydrogen-bond donors (Lipinski definition) is 1. The molecule has 0 atom stereocenters. The van der Waals surface area contributed by atoms with Crippen molar-refractivity contribution in [3.8, 4) is 5.75 Å². The summed E-state index contributed by atoms with van der Waals surface area (Å²) in [6.45, 7) is 3.55. The molecular weight excluding hydrogens is 466 g/mol. The molecule has 0 saturated heterocycles. The van der Waals surface area contributed by atoms with Crippen LogP contribution in [-0.2, 0) is 19.5 Å². The molecule has 1 N–H and O–H groups in total. The molecule has 0 bridgehead atoms. The molecule has 4 rings (SSSR count). The first-order chi connectivity index (χ1) is 16.6. The van der Waals surface area contributed by atoms with Crippen LogP contribution in [0.2, 0.25) is 0 Å². The molecule has 7 nitrogen and oxygen atoms in total. The molecule has 0 fully saturated rings. The van der Waals surface area contributed by atoms with Crippen molar-refractivity contribution in [1.82, 2.24) is 19.6 Å². The van der Waals surface area contributed by atoms with Gasteiger partial charge in [0.15, 0.2) is 12.4 Å². The van der Waals surface area contributed by atoms with E-state index in [2.05, 4.69) is 15.5 Å². The number of nitrogens with zero attached hydrogens (tertiary/aromatic N) is 4. The highest BCUT2D eigenvalue weighted by Gasteiger charge is 2.30. The number of anilines is 1. The third kappa shape index (κ3) is 5.68. The molecule has 0 saturated carbocycles. The van der Waals surface area contributed by atoms with Crippen molar-refractivity contribution in [1.29, 1.82) is 0 Å². The van der Waals surface area contributed by atoms with Gasteiger partial charge in [0.1, 0.15) is 11.6 Å². The number of aromatic nitrogens is 4. The van der Waals surface area contributed by atoms with Gasteiger partial charge < -0.3 is 10.1 Å². The highest BCUT2D eigenvalue weighted by molar-refractivity contribution is 6.03. The lowest BCUT2D eigenvalue weighted by Crippen LogP contribution is -2.15. The zero-order chi connectivity index (χ0) is 25.2. The van der Waals surface area contributed by atoms with Crippen LogP contribution in [0.1, 0.15) is 33.0 Å². The first kappa shape index (κ1) is 24.0. The molecule has 0 unspecified atom stereocenters. The zero-order valence-corrected chi connectivity index (χ0v) is 18.8. The molecule has 0 spiro atoms. The average Bonchev–Trinajstić information content (AvgIpc) is 3.39. The van der Waals surface area contributed by atoms with E-state index in [1.165, 1.54) is 45.8 Å². The Morgan fingerprint density at radius 3 is 2.51 bits per heavy atom. The van der Waals surface area contributed by atoms with Crippen LogP contribution in [0.25, 0.3) is 0 Å². The SMILES string of the molecule is Cc1nn(Cc2cccc(C(F)(F)F)c2)c(C)c1NC(=O)c1ccn(COc2ccc(F)cc2)n1. The van der Waals surface area contributed by atoms with Crippen LogP contribution < -0.4 is 10.1 Å². The first-order valence-electron chi connectivity index (χ1n) is 10.5. The molecule has 4 aromatic rings. The Kier molecular flexibility index (Phi) is 6.59. The molecule has 1 amide bonds. The fourth-order valence-electron chi connectivity index (χ4n) is 3.45. The number of aryl methyl sites for hydroxylation is 1. The van der Waals surface area contributed by atoms with Crippen molar-refractivity contribution in [2.75, 3.05) is 5.32 Å². The van der Waals surface area contributed by atoms with Crippen molar-refractivity contribution in [2.45, 2.75) is 33.3 Å². The van der Waals surface area contributed by atoms with Crippen LogP contribution in [0.4, 0.5) is 23.2 Å². The summed E-state index contributed by atoms with van der Waals surface area (Å²) < 4.78 is 60.5. The minimum absolute atomic E-state index is 0.0197. The van der Waals surface area contributed by atoms with Gasteiger partial charge in [-0.15, -0.1) is 0 Å². The van der Waals surface area contributed by atoms with E-state index in [9.17, 15) is 22.4 Å². The highest BCUT2D eigenvalue weighted by Crippen LogP contribution is 2.30. The monoisotopic (exact) mass is 487 g/mol. The smallest absolute Gasteiger partial charge is 0.416 e. The van der Waals surface area contributed by atoms with Crippen molar-refractivity contribution in [2.24, 2.45) is 0 Å². The van der Waals surface area contributed by atoms with E-state index in [-0.39, 0.29) is 24.8 Å². The Morgan fingerprint density at radius 1 is 1.06 bits per heavy atom. The lowest BCUT2D eigenvalue weighted by molar-refractivity contribution is -0.137. The third-order valence-corrected chi connectivity index (χ3v) is 5.26. The summed E-state index contributed by atoms with van der Waals surface area (Å²) >= 11 is 0. The second kappa shape index (κ2) is 9.61. The number of halogens is 4. The van der Waals surface area contributed by atoms with Crippen LogP contribution in [0.15, 0.2) is 60.8 Å². The van der Waals surface area contributed by atoms with E-state index >= 15 is 0 Å². The topological polar surface area (TPSA) is 74.0 Å². The summed E-state index contributed by atoms with van der Waals surface area (Å²) in [6.07, 6.45) is -2.87. The minimum Gasteiger partial charge on any atom is -0.471 e. The molecule has 0 radical (unpaired) electrons. The standard InChI is InChI=1S/C24H21F4N5O2/c1-15-22(16(2)33(30-15)13-17-4-3-5-18(12-17)24(26,27)28)29-23(34)21-10-11-32(31-21)14-35-20-8-6-19(25)7-9-20/h3-12H,13-14H2,1-2H3,(H,29,34). The maximum atomic E-state index is 13.0. The Labute approximate surface area is 197 Å². The highest BCUT2D eigenvalue weighted by atomic mass is 19.4. The number of alkyl halides is 3. The van der Waals surface area contributed by atoms with Gasteiger partial charge in [-0.1, -0.05) is 12.1 Å². The molecule has 0 aliphatic rings. The quantitative estimate of drug-likeness (QED) is 0.364.